The van der Waals surface area contributed by atoms with E-state index in [9.17, 15) is 9.59 Å². The first-order valence-electron chi connectivity index (χ1n) is 9.85. The first kappa shape index (κ1) is 22.9. The van der Waals surface area contributed by atoms with Gasteiger partial charge in [0.2, 0.25) is 0 Å². The lowest BCUT2D eigenvalue weighted by Crippen LogP contribution is -1.99. The van der Waals surface area contributed by atoms with E-state index < -0.39 is 5.97 Å². The molecule has 0 amide bonds. The van der Waals surface area contributed by atoms with Crippen LogP contribution in [0.4, 0.5) is 0 Å². The van der Waals surface area contributed by atoms with Gasteiger partial charge >= 0.3 is 11.9 Å². The van der Waals surface area contributed by atoms with Crippen molar-refractivity contribution in [3.05, 3.63) is 0 Å². The number of unbranched alkanes of at least 4 members (excludes halogenated alkanes) is 9. The van der Waals surface area contributed by atoms with Gasteiger partial charge in [-0.15, -0.1) is 0 Å². The third kappa shape index (κ3) is 17.3. The summed E-state index contributed by atoms with van der Waals surface area (Å²) in [6.45, 7) is 2.35. The highest BCUT2D eigenvalue weighted by Gasteiger charge is 2.03. The summed E-state index contributed by atoms with van der Waals surface area (Å²) in [7, 11) is 1.45. The maximum atomic E-state index is 11.0. The van der Waals surface area contributed by atoms with Crippen molar-refractivity contribution in [2.24, 2.45) is 5.92 Å². The number of esters is 1. The molecule has 1 unspecified atom stereocenters. The molecule has 142 valence electrons. The minimum atomic E-state index is -0.674. The van der Waals surface area contributed by atoms with Crippen LogP contribution in [-0.4, -0.2) is 24.2 Å². The Labute approximate surface area is 148 Å². The Hall–Kier alpha value is -1.06. The van der Waals surface area contributed by atoms with Crippen LogP contribution < -0.4 is 0 Å². The molecule has 1 N–H and O–H groups in total. The topological polar surface area (TPSA) is 63.6 Å². The minimum Gasteiger partial charge on any atom is -0.481 e. The van der Waals surface area contributed by atoms with Crippen LogP contribution in [0.5, 0.6) is 0 Å². The van der Waals surface area contributed by atoms with Gasteiger partial charge < -0.3 is 9.84 Å². The largest absolute Gasteiger partial charge is 0.481 e. The van der Waals surface area contributed by atoms with Gasteiger partial charge in [-0.05, 0) is 18.8 Å². The smallest absolute Gasteiger partial charge is 0.305 e. The van der Waals surface area contributed by atoms with Crippen LogP contribution in [0.3, 0.4) is 0 Å². The second kappa shape index (κ2) is 16.8. The molecular formula is C20H38O4. The van der Waals surface area contributed by atoms with Gasteiger partial charge in [0.15, 0.2) is 0 Å². The molecule has 0 aliphatic rings. The molecule has 1 atom stereocenters. The SMILES string of the molecule is COC(=O)CCCCCCCCC(C)CCCCCCCC(=O)O. The Morgan fingerprint density at radius 3 is 1.62 bits per heavy atom. The summed E-state index contributed by atoms with van der Waals surface area (Å²) in [5, 5.41) is 8.57. The van der Waals surface area contributed by atoms with E-state index in [1.807, 2.05) is 0 Å². The predicted octanol–water partition coefficient (Wildman–Crippen LogP) is 5.73. The standard InChI is InChI=1S/C20H38O4/c1-18(15-11-7-5-8-12-16-19(21)22)14-10-6-3-4-9-13-17-20(23)24-2/h18H,3-17H2,1-2H3,(H,21,22). The van der Waals surface area contributed by atoms with Crippen LogP contribution >= 0.6 is 0 Å². The van der Waals surface area contributed by atoms with Crippen molar-refractivity contribution in [2.75, 3.05) is 7.11 Å². The normalized spacial score (nSPS) is 12.1. The average molecular weight is 343 g/mol. The molecular weight excluding hydrogens is 304 g/mol. The number of rotatable bonds is 17. The maximum Gasteiger partial charge on any atom is 0.305 e. The van der Waals surface area contributed by atoms with E-state index in [4.69, 9.17) is 5.11 Å². The molecule has 0 saturated carbocycles. The van der Waals surface area contributed by atoms with Crippen molar-refractivity contribution in [2.45, 2.75) is 103 Å². The number of carbonyl (C=O) groups is 2. The molecule has 4 heteroatoms. The molecule has 4 nitrogen and oxygen atoms in total. The molecule has 0 aliphatic heterocycles. The fraction of sp³-hybridized carbons (Fsp3) is 0.900. The van der Waals surface area contributed by atoms with Crippen LogP contribution in [0.15, 0.2) is 0 Å². The summed E-state index contributed by atoms with van der Waals surface area (Å²) in [5.74, 6) is 0.0427. The van der Waals surface area contributed by atoms with Crippen molar-refractivity contribution in [1.82, 2.24) is 0 Å². The van der Waals surface area contributed by atoms with Crippen LogP contribution in [0.1, 0.15) is 103 Å². The summed E-state index contributed by atoms with van der Waals surface area (Å²) in [5.41, 5.74) is 0. The maximum absolute atomic E-state index is 11.0. The van der Waals surface area contributed by atoms with Gasteiger partial charge in [0.05, 0.1) is 7.11 Å². The van der Waals surface area contributed by atoms with Crippen molar-refractivity contribution in [1.29, 1.82) is 0 Å². The quantitative estimate of drug-likeness (QED) is 0.271. The summed E-state index contributed by atoms with van der Waals surface area (Å²) in [4.78, 5) is 21.4. The third-order valence-corrected chi connectivity index (χ3v) is 4.64. The van der Waals surface area contributed by atoms with Crippen molar-refractivity contribution in [3.63, 3.8) is 0 Å². The lowest BCUT2D eigenvalue weighted by Gasteiger charge is -2.11. The van der Waals surface area contributed by atoms with E-state index in [1.165, 1.54) is 64.9 Å². The molecule has 0 radical (unpaired) electrons. The predicted molar refractivity (Wildman–Crippen MR) is 98.1 cm³/mol. The molecule has 24 heavy (non-hydrogen) atoms. The van der Waals surface area contributed by atoms with E-state index in [0.29, 0.717) is 12.8 Å². The van der Waals surface area contributed by atoms with Crippen molar-refractivity contribution >= 4 is 11.9 Å². The van der Waals surface area contributed by atoms with Gasteiger partial charge in [-0.2, -0.15) is 0 Å². The van der Waals surface area contributed by atoms with Crippen LogP contribution in [0.25, 0.3) is 0 Å². The number of carbonyl (C=O) groups excluding carboxylic acids is 1. The summed E-state index contributed by atoms with van der Waals surface area (Å²) >= 11 is 0. The fourth-order valence-electron chi connectivity index (χ4n) is 3.01. The third-order valence-electron chi connectivity index (χ3n) is 4.64. The molecule has 0 heterocycles. The van der Waals surface area contributed by atoms with E-state index >= 15 is 0 Å². The number of aliphatic carboxylic acids is 1. The Balaban J connectivity index is 3.22. The van der Waals surface area contributed by atoms with Gasteiger partial charge in [-0.1, -0.05) is 77.6 Å². The highest BCUT2D eigenvalue weighted by molar-refractivity contribution is 5.68. The lowest BCUT2D eigenvalue weighted by molar-refractivity contribution is -0.141. The number of hydrogen-bond acceptors (Lipinski definition) is 3. The Morgan fingerprint density at radius 1 is 0.750 bits per heavy atom. The second-order valence-electron chi connectivity index (χ2n) is 7.04. The first-order chi connectivity index (χ1) is 11.6. The molecule has 0 aromatic heterocycles. The van der Waals surface area contributed by atoms with Crippen LogP contribution in [0, 0.1) is 5.92 Å². The highest BCUT2D eigenvalue weighted by atomic mass is 16.5. The van der Waals surface area contributed by atoms with Crippen molar-refractivity contribution in [3.8, 4) is 0 Å². The minimum absolute atomic E-state index is 0.0919. The van der Waals surface area contributed by atoms with Gasteiger partial charge in [-0.25, -0.2) is 0 Å². The Bertz CT molecular complexity index is 315. The number of methoxy groups -OCH3 is 1. The number of carboxylic acid groups (broad SMARTS) is 1. The average Bonchev–Trinajstić information content (AvgIpc) is 2.55. The number of hydrogen-bond donors (Lipinski definition) is 1. The zero-order valence-electron chi connectivity index (χ0n) is 15.9. The summed E-state index contributed by atoms with van der Waals surface area (Å²) in [6, 6.07) is 0. The molecule has 0 rings (SSSR count). The van der Waals surface area contributed by atoms with Crippen LogP contribution in [0.2, 0.25) is 0 Å². The van der Waals surface area contributed by atoms with E-state index in [2.05, 4.69) is 11.7 Å². The van der Waals surface area contributed by atoms with Crippen LogP contribution in [-0.2, 0) is 14.3 Å². The number of carboxylic acids is 1. The molecule has 0 saturated heterocycles. The molecule has 0 aromatic rings. The molecule has 0 aliphatic carbocycles. The Kier molecular flexibility index (Phi) is 16.0. The van der Waals surface area contributed by atoms with Gasteiger partial charge in [0.1, 0.15) is 0 Å². The molecule has 0 fully saturated rings. The first-order valence-corrected chi connectivity index (χ1v) is 9.85. The molecule has 0 bridgehead atoms. The van der Waals surface area contributed by atoms with Gasteiger partial charge in [0.25, 0.3) is 0 Å². The highest BCUT2D eigenvalue weighted by Crippen LogP contribution is 2.18. The lowest BCUT2D eigenvalue weighted by atomic mass is 9.96. The summed E-state index contributed by atoms with van der Waals surface area (Å²) in [6.07, 6.45) is 16.3. The van der Waals surface area contributed by atoms with Gasteiger partial charge in [0, 0.05) is 12.8 Å². The molecule has 0 spiro atoms. The van der Waals surface area contributed by atoms with Crippen molar-refractivity contribution < 1.29 is 19.4 Å². The zero-order valence-corrected chi connectivity index (χ0v) is 15.9. The molecule has 0 aromatic carbocycles. The number of ether oxygens (including phenoxy) is 1. The summed E-state index contributed by atoms with van der Waals surface area (Å²) < 4.78 is 4.63. The fourth-order valence-corrected chi connectivity index (χ4v) is 3.01. The van der Waals surface area contributed by atoms with Gasteiger partial charge in [-0.3, -0.25) is 9.59 Å². The van der Waals surface area contributed by atoms with E-state index in [-0.39, 0.29) is 5.97 Å². The monoisotopic (exact) mass is 342 g/mol. The Morgan fingerprint density at radius 2 is 1.17 bits per heavy atom. The van der Waals surface area contributed by atoms with E-state index in [1.54, 1.807) is 0 Å². The van der Waals surface area contributed by atoms with E-state index in [0.717, 1.165) is 31.6 Å². The zero-order chi connectivity index (χ0) is 18.0. The second-order valence-corrected chi connectivity index (χ2v) is 7.04.